The van der Waals surface area contributed by atoms with Gasteiger partial charge in [-0.3, -0.25) is 4.79 Å². The standard InChI is InChI=1S/C19H19NO3S3/c1-14-6-8-15(9-7-14)17(26(22,23)19-5-3-11-25-19)13-20-18(21)12-16-4-2-10-24-16/h2-11,17H,12-13H2,1H3,(H,20,21)/t17-/m0/s1. The molecule has 0 unspecified atom stereocenters. The fourth-order valence-electron chi connectivity index (χ4n) is 2.59. The molecule has 1 atom stereocenters. The van der Waals surface area contributed by atoms with E-state index in [-0.39, 0.29) is 18.9 Å². The molecular weight excluding hydrogens is 386 g/mol. The van der Waals surface area contributed by atoms with Crippen LogP contribution in [0.15, 0.2) is 63.5 Å². The van der Waals surface area contributed by atoms with Gasteiger partial charge in [-0.25, -0.2) is 8.42 Å². The van der Waals surface area contributed by atoms with Crippen LogP contribution in [0.5, 0.6) is 0 Å². The minimum atomic E-state index is -3.57. The summed E-state index contributed by atoms with van der Waals surface area (Å²) in [4.78, 5) is 13.2. The molecule has 1 aromatic carbocycles. The van der Waals surface area contributed by atoms with Crippen LogP contribution >= 0.6 is 22.7 Å². The van der Waals surface area contributed by atoms with Crippen molar-refractivity contribution < 1.29 is 13.2 Å². The fourth-order valence-corrected chi connectivity index (χ4v) is 6.16. The molecule has 2 heterocycles. The van der Waals surface area contributed by atoms with E-state index in [2.05, 4.69) is 5.32 Å². The van der Waals surface area contributed by atoms with Crippen molar-refractivity contribution in [3.63, 3.8) is 0 Å². The van der Waals surface area contributed by atoms with Gasteiger partial charge < -0.3 is 5.32 Å². The van der Waals surface area contributed by atoms with E-state index < -0.39 is 15.1 Å². The van der Waals surface area contributed by atoms with Crippen LogP contribution in [0.3, 0.4) is 0 Å². The number of hydrogen-bond acceptors (Lipinski definition) is 5. The Hall–Kier alpha value is -1.96. The lowest BCUT2D eigenvalue weighted by atomic mass is 10.1. The number of amides is 1. The lowest BCUT2D eigenvalue weighted by Gasteiger charge is -2.18. The summed E-state index contributed by atoms with van der Waals surface area (Å²) >= 11 is 2.70. The Balaban J connectivity index is 1.81. The molecule has 1 amide bonds. The molecule has 7 heteroatoms. The van der Waals surface area contributed by atoms with Crippen LogP contribution in [0.2, 0.25) is 0 Å². The van der Waals surface area contributed by atoms with Crippen LogP contribution in [-0.4, -0.2) is 20.9 Å². The largest absolute Gasteiger partial charge is 0.354 e. The Morgan fingerprint density at radius 1 is 1.04 bits per heavy atom. The number of rotatable bonds is 7. The summed E-state index contributed by atoms with van der Waals surface area (Å²) in [6, 6.07) is 14.5. The zero-order valence-corrected chi connectivity index (χ0v) is 16.7. The van der Waals surface area contributed by atoms with Crippen molar-refractivity contribution in [2.24, 2.45) is 0 Å². The molecule has 0 aliphatic carbocycles. The highest BCUT2D eigenvalue weighted by Crippen LogP contribution is 2.31. The van der Waals surface area contributed by atoms with Crippen LogP contribution in [0.1, 0.15) is 21.3 Å². The molecule has 4 nitrogen and oxygen atoms in total. The topological polar surface area (TPSA) is 63.2 Å². The second-order valence-electron chi connectivity index (χ2n) is 5.94. The normalized spacial score (nSPS) is 12.7. The minimum Gasteiger partial charge on any atom is -0.354 e. The lowest BCUT2D eigenvalue weighted by Crippen LogP contribution is -2.32. The van der Waals surface area contributed by atoms with Crippen LogP contribution in [0.25, 0.3) is 0 Å². The zero-order chi connectivity index (χ0) is 18.6. The summed E-state index contributed by atoms with van der Waals surface area (Å²) in [7, 11) is -3.57. The maximum Gasteiger partial charge on any atom is 0.225 e. The van der Waals surface area contributed by atoms with Gasteiger partial charge in [-0.2, -0.15) is 0 Å². The molecule has 0 aliphatic heterocycles. The van der Waals surface area contributed by atoms with Gasteiger partial charge in [0.1, 0.15) is 9.46 Å². The third-order valence-electron chi connectivity index (χ3n) is 4.00. The number of benzene rings is 1. The van der Waals surface area contributed by atoms with E-state index in [1.165, 1.54) is 22.7 Å². The highest BCUT2D eigenvalue weighted by molar-refractivity contribution is 7.93. The van der Waals surface area contributed by atoms with Crippen molar-refractivity contribution in [2.45, 2.75) is 22.8 Å². The summed E-state index contributed by atoms with van der Waals surface area (Å²) in [5.41, 5.74) is 1.74. The predicted molar refractivity (Wildman–Crippen MR) is 106 cm³/mol. The molecule has 2 aromatic heterocycles. The number of carbonyl (C=O) groups excluding carboxylic acids is 1. The van der Waals surface area contributed by atoms with Gasteiger partial charge in [-0.15, -0.1) is 22.7 Å². The Morgan fingerprint density at radius 2 is 1.73 bits per heavy atom. The molecule has 3 aromatic rings. The van der Waals surface area contributed by atoms with E-state index in [0.717, 1.165) is 10.4 Å². The first kappa shape index (κ1) is 18.8. The first-order valence-corrected chi connectivity index (χ1v) is 11.4. The maximum atomic E-state index is 13.1. The molecule has 26 heavy (non-hydrogen) atoms. The van der Waals surface area contributed by atoms with Crippen LogP contribution in [0.4, 0.5) is 0 Å². The monoisotopic (exact) mass is 405 g/mol. The number of sulfone groups is 1. The summed E-state index contributed by atoms with van der Waals surface area (Å²) in [6.45, 7) is 2.00. The van der Waals surface area contributed by atoms with Gasteiger partial charge in [0.2, 0.25) is 5.91 Å². The van der Waals surface area contributed by atoms with Crippen molar-refractivity contribution in [3.05, 3.63) is 75.3 Å². The van der Waals surface area contributed by atoms with E-state index in [1.807, 2.05) is 48.7 Å². The van der Waals surface area contributed by atoms with Crippen molar-refractivity contribution >= 4 is 38.4 Å². The number of aryl methyl sites for hydroxylation is 1. The summed E-state index contributed by atoms with van der Waals surface area (Å²) in [6.07, 6.45) is 0.261. The Labute approximate surface area is 161 Å². The summed E-state index contributed by atoms with van der Waals surface area (Å²) in [5, 5.41) is 5.64. The summed E-state index contributed by atoms with van der Waals surface area (Å²) in [5.74, 6) is -0.175. The average molecular weight is 406 g/mol. The molecule has 0 saturated carbocycles. The fraction of sp³-hybridized carbons (Fsp3) is 0.211. The molecule has 0 saturated heterocycles. The van der Waals surface area contributed by atoms with Crippen molar-refractivity contribution in [3.8, 4) is 0 Å². The van der Waals surface area contributed by atoms with E-state index in [1.54, 1.807) is 17.5 Å². The highest BCUT2D eigenvalue weighted by Gasteiger charge is 2.30. The van der Waals surface area contributed by atoms with E-state index in [4.69, 9.17) is 0 Å². The number of nitrogens with one attached hydrogen (secondary N) is 1. The second-order valence-corrected chi connectivity index (χ2v) is 10.3. The van der Waals surface area contributed by atoms with Gasteiger partial charge in [0.25, 0.3) is 0 Å². The summed E-state index contributed by atoms with van der Waals surface area (Å²) < 4.78 is 26.5. The number of carbonyl (C=O) groups is 1. The van der Waals surface area contributed by atoms with E-state index >= 15 is 0 Å². The molecule has 1 N–H and O–H groups in total. The van der Waals surface area contributed by atoms with Crippen LogP contribution in [-0.2, 0) is 21.1 Å². The zero-order valence-electron chi connectivity index (χ0n) is 14.2. The molecule has 0 aliphatic rings. The van der Waals surface area contributed by atoms with Crippen molar-refractivity contribution in [1.82, 2.24) is 5.32 Å². The molecule has 3 rings (SSSR count). The molecule has 0 fully saturated rings. The van der Waals surface area contributed by atoms with Gasteiger partial charge >= 0.3 is 0 Å². The molecule has 0 bridgehead atoms. The number of hydrogen-bond donors (Lipinski definition) is 1. The quantitative estimate of drug-likeness (QED) is 0.646. The minimum absolute atomic E-state index is 0.0491. The molecular formula is C19H19NO3S3. The third kappa shape index (κ3) is 4.41. The smallest absolute Gasteiger partial charge is 0.225 e. The molecule has 0 spiro atoms. The number of thiophene rings is 2. The maximum absolute atomic E-state index is 13.1. The Morgan fingerprint density at radius 3 is 2.35 bits per heavy atom. The van der Waals surface area contributed by atoms with Gasteiger partial charge in [-0.1, -0.05) is 42.0 Å². The van der Waals surface area contributed by atoms with E-state index in [9.17, 15) is 13.2 Å². The third-order valence-corrected chi connectivity index (χ3v) is 8.41. The average Bonchev–Trinajstić information content (AvgIpc) is 3.30. The SMILES string of the molecule is Cc1ccc([C@H](CNC(=O)Cc2cccs2)S(=O)(=O)c2cccs2)cc1. The Kier molecular flexibility index (Phi) is 5.90. The van der Waals surface area contributed by atoms with Crippen molar-refractivity contribution in [2.75, 3.05) is 6.54 Å². The first-order valence-electron chi connectivity index (χ1n) is 8.10. The molecule has 136 valence electrons. The van der Waals surface area contributed by atoms with Gasteiger partial charge in [-0.05, 0) is 35.4 Å². The predicted octanol–water partition coefficient (Wildman–Crippen LogP) is 3.99. The van der Waals surface area contributed by atoms with Crippen molar-refractivity contribution in [1.29, 1.82) is 0 Å². The first-order chi connectivity index (χ1) is 12.5. The lowest BCUT2D eigenvalue weighted by molar-refractivity contribution is -0.120. The van der Waals surface area contributed by atoms with Gasteiger partial charge in [0, 0.05) is 11.4 Å². The van der Waals surface area contributed by atoms with Gasteiger partial charge in [0.15, 0.2) is 9.84 Å². The van der Waals surface area contributed by atoms with Gasteiger partial charge in [0.05, 0.1) is 6.42 Å². The molecule has 0 radical (unpaired) electrons. The Bertz CT molecular complexity index is 944. The van der Waals surface area contributed by atoms with Crippen LogP contribution < -0.4 is 5.32 Å². The van der Waals surface area contributed by atoms with Crippen LogP contribution in [0, 0.1) is 6.92 Å². The highest BCUT2D eigenvalue weighted by atomic mass is 32.2. The van der Waals surface area contributed by atoms with E-state index in [0.29, 0.717) is 9.77 Å². The second kappa shape index (κ2) is 8.16.